The van der Waals surface area contributed by atoms with Crippen LogP contribution in [0.15, 0.2) is 18.2 Å². The van der Waals surface area contributed by atoms with Crippen LogP contribution in [-0.4, -0.2) is 49.0 Å². The predicted molar refractivity (Wildman–Crippen MR) is 120 cm³/mol. The third kappa shape index (κ3) is 4.84. The minimum atomic E-state index is -0.335. The van der Waals surface area contributed by atoms with Crippen LogP contribution in [0.2, 0.25) is 0 Å². The van der Waals surface area contributed by atoms with Gasteiger partial charge < -0.3 is 19.7 Å². The molecule has 1 aromatic heterocycles. The van der Waals surface area contributed by atoms with Gasteiger partial charge in [-0.3, -0.25) is 9.59 Å². The van der Waals surface area contributed by atoms with Gasteiger partial charge >= 0.3 is 0 Å². The molecular formula is C23H29N3O4S. The molecule has 1 aliphatic carbocycles. The van der Waals surface area contributed by atoms with E-state index < -0.39 is 0 Å². The summed E-state index contributed by atoms with van der Waals surface area (Å²) in [7, 11) is 3.21. The maximum Gasteiger partial charge on any atom is 0.231 e. The number of ether oxygens (including phenoxy) is 2. The molecule has 2 amide bonds. The first-order chi connectivity index (χ1) is 15.0. The molecule has 1 fully saturated rings. The van der Waals surface area contributed by atoms with E-state index in [1.165, 1.54) is 4.88 Å². The normalized spacial score (nSPS) is 20.5. The minimum Gasteiger partial charge on any atom is -0.493 e. The Kier molecular flexibility index (Phi) is 6.46. The number of nitrogens with one attached hydrogen (secondary N) is 1. The van der Waals surface area contributed by atoms with Gasteiger partial charge in [-0.1, -0.05) is 13.0 Å². The number of thiazole rings is 1. The third-order valence-electron chi connectivity index (χ3n) is 6.12. The molecule has 2 aromatic rings. The lowest BCUT2D eigenvalue weighted by molar-refractivity contribution is -0.128. The van der Waals surface area contributed by atoms with E-state index in [9.17, 15) is 9.59 Å². The van der Waals surface area contributed by atoms with Gasteiger partial charge in [0.05, 0.1) is 25.8 Å². The van der Waals surface area contributed by atoms with Crippen LogP contribution in [0.5, 0.6) is 11.5 Å². The molecule has 1 aliphatic heterocycles. The van der Waals surface area contributed by atoms with Crippen molar-refractivity contribution in [3.63, 3.8) is 0 Å². The van der Waals surface area contributed by atoms with E-state index in [2.05, 4.69) is 17.2 Å². The van der Waals surface area contributed by atoms with Crippen molar-refractivity contribution >= 4 is 28.3 Å². The van der Waals surface area contributed by atoms with Crippen molar-refractivity contribution in [3.05, 3.63) is 34.3 Å². The molecule has 4 rings (SSSR count). The largest absolute Gasteiger partial charge is 0.493 e. The van der Waals surface area contributed by atoms with Gasteiger partial charge in [-0.15, -0.1) is 11.3 Å². The van der Waals surface area contributed by atoms with Crippen LogP contribution in [0, 0.1) is 11.8 Å². The summed E-state index contributed by atoms with van der Waals surface area (Å²) in [5.74, 6) is 1.60. The van der Waals surface area contributed by atoms with Crippen LogP contribution in [0.1, 0.15) is 35.9 Å². The Morgan fingerprint density at radius 3 is 2.84 bits per heavy atom. The van der Waals surface area contributed by atoms with Crippen molar-refractivity contribution in [2.75, 3.05) is 32.6 Å². The number of fused-ring (bicyclic) bond motifs is 1. The number of anilines is 1. The number of nitrogens with zero attached hydrogens (tertiary/aromatic N) is 2. The van der Waals surface area contributed by atoms with E-state index in [1.54, 1.807) is 30.5 Å². The fourth-order valence-electron chi connectivity index (χ4n) is 4.26. The number of carbonyl (C=O) groups excluding carboxylic acids is 2. The summed E-state index contributed by atoms with van der Waals surface area (Å²) in [5, 5.41) is 3.62. The molecule has 0 spiro atoms. The van der Waals surface area contributed by atoms with Gasteiger partial charge in [0.15, 0.2) is 16.6 Å². The van der Waals surface area contributed by atoms with Crippen molar-refractivity contribution in [1.29, 1.82) is 0 Å². The van der Waals surface area contributed by atoms with Crippen molar-refractivity contribution in [3.8, 4) is 11.5 Å². The van der Waals surface area contributed by atoms with Crippen LogP contribution in [0.25, 0.3) is 0 Å². The molecular weight excluding hydrogens is 414 g/mol. The fourth-order valence-corrected chi connectivity index (χ4v) is 5.44. The average molecular weight is 444 g/mol. The molecule has 31 heavy (non-hydrogen) atoms. The number of likely N-dealkylation sites (tertiary alicyclic amines) is 1. The zero-order chi connectivity index (χ0) is 22.0. The summed E-state index contributed by atoms with van der Waals surface area (Å²) in [4.78, 5) is 32.9. The van der Waals surface area contributed by atoms with Crippen molar-refractivity contribution < 1.29 is 19.1 Å². The number of aryl methyl sites for hydroxylation is 1. The van der Waals surface area contributed by atoms with Gasteiger partial charge in [0, 0.05) is 24.4 Å². The van der Waals surface area contributed by atoms with Gasteiger partial charge in [-0.05, 0) is 49.3 Å². The minimum absolute atomic E-state index is 0.0212. The summed E-state index contributed by atoms with van der Waals surface area (Å²) in [6.45, 7) is 3.27. The molecule has 2 heterocycles. The smallest absolute Gasteiger partial charge is 0.231 e. The first-order valence-electron chi connectivity index (χ1n) is 10.7. The lowest BCUT2D eigenvalue weighted by Gasteiger charge is -2.17. The highest BCUT2D eigenvalue weighted by atomic mass is 32.1. The second-order valence-electron chi connectivity index (χ2n) is 8.41. The number of carbonyl (C=O) groups is 2. The molecule has 8 heteroatoms. The molecule has 7 nitrogen and oxygen atoms in total. The fraction of sp³-hybridized carbons (Fsp3) is 0.522. The Hall–Kier alpha value is -2.61. The topological polar surface area (TPSA) is 80.8 Å². The summed E-state index contributed by atoms with van der Waals surface area (Å²) >= 11 is 1.58. The third-order valence-corrected chi connectivity index (χ3v) is 7.16. The van der Waals surface area contributed by atoms with Crippen LogP contribution >= 0.6 is 11.3 Å². The molecule has 0 saturated carbocycles. The first kappa shape index (κ1) is 21.6. The van der Waals surface area contributed by atoms with Crippen LogP contribution in [0.3, 0.4) is 0 Å². The van der Waals surface area contributed by atoms with Crippen LogP contribution in [-0.2, 0) is 28.9 Å². The summed E-state index contributed by atoms with van der Waals surface area (Å²) < 4.78 is 10.6. The molecule has 1 N–H and O–H groups in total. The average Bonchev–Trinajstić information content (AvgIpc) is 3.34. The van der Waals surface area contributed by atoms with Gasteiger partial charge in [0.2, 0.25) is 11.8 Å². The van der Waals surface area contributed by atoms with E-state index in [4.69, 9.17) is 9.47 Å². The lowest BCUT2D eigenvalue weighted by atomic mass is 9.93. The van der Waals surface area contributed by atoms with Gasteiger partial charge in [-0.25, -0.2) is 4.98 Å². The van der Waals surface area contributed by atoms with E-state index in [0.29, 0.717) is 42.1 Å². The molecule has 2 aliphatic rings. The Labute approximate surface area is 186 Å². The monoisotopic (exact) mass is 443 g/mol. The molecule has 1 saturated heterocycles. The van der Waals surface area contributed by atoms with E-state index >= 15 is 0 Å². The highest BCUT2D eigenvalue weighted by Gasteiger charge is 2.34. The van der Waals surface area contributed by atoms with Gasteiger partial charge in [-0.2, -0.15) is 0 Å². The highest BCUT2D eigenvalue weighted by molar-refractivity contribution is 7.15. The lowest BCUT2D eigenvalue weighted by Crippen LogP contribution is -2.30. The number of benzene rings is 1. The van der Waals surface area contributed by atoms with Crippen molar-refractivity contribution in [2.45, 2.75) is 39.0 Å². The Morgan fingerprint density at radius 1 is 1.26 bits per heavy atom. The Morgan fingerprint density at radius 2 is 2.06 bits per heavy atom. The number of aromatic nitrogens is 1. The van der Waals surface area contributed by atoms with Crippen LogP contribution in [0.4, 0.5) is 5.13 Å². The number of hydrogen-bond acceptors (Lipinski definition) is 6. The maximum atomic E-state index is 12.8. The molecule has 1 aromatic carbocycles. The quantitative estimate of drug-likeness (QED) is 0.710. The zero-order valence-corrected chi connectivity index (χ0v) is 19.1. The second kappa shape index (κ2) is 9.26. The van der Waals surface area contributed by atoms with Crippen molar-refractivity contribution in [1.82, 2.24) is 9.88 Å². The zero-order valence-electron chi connectivity index (χ0n) is 18.3. The van der Waals surface area contributed by atoms with Gasteiger partial charge in [0.25, 0.3) is 0 Å². The summed E-state index contributed by atoms with van der Waals surface area (Å²) in [6.07, 6.45) is 4.11. The second-order valence-corrected chi connectivity index (χ2v) is 9.49. The standard InChI is InChI=1S/C23H29N3O4S/c1-14-4-6-17-20(10-14)31-23(24-17)25-22(28)16-12-21(27)26(13-16)9-8-15-5-7-18(29-2)19(11-15)30-3/h5,7,11,14,16H,4,6,8-10,12-13H2,1-3H3,(H,24,25,28). The molecule has 0 bridgehead atoms. The Bertz CT molecular complexity index is 974. The SMILES string of the molecule is COc1ccc(CCN2CC(C(=O)Nc3nc4c(s3)CC(C)CC4)CC2=O)cc1OC. The highest BCUT2D eigenvalue weighted by Crippen LogP contribution is 2.33. The molecule has 0 radical (unpaired) electrons. The van der Waals surface area contributed by atoms with Crippen molar-refractivity contribution in [2.24, 2.45) is 11.8 Å². The number of rotatable bonds is 7. The summed E-state index contributed by atoms with van der Waals surface area (Å²) in [5.41, 5.74) is 2.18. The number of hydrogen-bond donors (Lipinski definition) is 1. The Balaban J connectivity index is 1.32. The molecule has 2 unspecified atom stereocenters. The maximum absolute atomic E-state index is 12.8. The van der Waals surface area contributed by atoms with E-state index in [1.807, 2.05) is 18.2 Å². The van der Waals surface area contributed by atoms with Gasteiger partial charge in [0.1, 0.15) is 0 Å². The summed E-state index contributed by atoms with van der Waals surface area (Å²) in [6, 6.07) is 5.76. The first-order valence-corrected chi connectivity index (χ1v) is 11.6. The van der Waals surface area contributed by atoms with Crippen LogP contribution < -0.4 is 14.8 Å². The van der Waals surface area contributed by atoms with E-state index in [0.717, 1.165) is 30.5 Å². The number of methoxy groups -OCH3 is 2. The molecule has 2 atom stereocenters. The predicted octanol–water partition coefficient (Wildman–Crippen LogP) is 3.31. The number of amides is 2. The van der Waals surface area contributed by atoms with E-state index in [-0.39, 0.29) is 24.2 Å². The molecule has 166 valence electrons.